The Kier molecular flexibility index (Phi) is 6.12. The highest BCUT2D eigenvalue weighted by Gasteiger charge is 2.13. The summed E-state index contributed by atoms with van der Waals surface area (Å²) in [6, 6.07) is 15.3. The molecule has 0 radical (unpaired) electrons. The second-order valence-electron chi connectivity index (χ2n) is 7.41. The van der Waals surface area contributed by atoms with Crippen molar-refractivity contribution in [2.24, 2.45) is 5.10 Å². The van der Waals surface area contributed by atoms with E-state index in [2.05, 4.69) is 37.5 Å². The molecule has 158 valence electrons. The standard InChI is InChI=1S/C24H22BrClN4O/c1-4-7-23-28-21-11-10-18(25)13-19(21)24(31)30(23)27-14-17-12-15(2)29(16(17)3)22-9-6-5-8-20(22)26/h5-6,8-14H,4,7H2,1-3H3. The maximum atomic E-state index is 13.2. The summed E-state index contributed by atoms with van der Waals surface area (Å²) in [4.78, 5) is 17.9. The maximum Gasteiger partial charge on any atom is 0.282 e. The van der Waals surface area contributed by atoms with Crippen LogP contribution in [0.5, 0.6) is 0 Å². The number of nitrogens with zero attached hydrogens (tertiary/aromatic N) is 4. The highest BCUT2D eigenvalue weighted by atomic mass is 79.9. The van der Waals surface area contributed by atoms with E-state index in [-0.39, 0.29) is 5.56 Å². The summed E-state index contributed by atoms with van der Waals surface area (Å²) >= 11 is 9.85. The molecule has 0 bridgehead atoms. The molecule has 0 spiro atoms. The van der Waals surface area contributed by atoms with E-state index in [1.165, 1.54) is 4.68 Å². The molecule has 0 aliphatic carbocycles. The van der Waals surface area contributed by atoms with Gasteiger partial charge < -0.3 is 4.57 Å². The van der Waals surface area contributed by atoms with Gasteiger partial charge in [-0.05, 0) is 56.7 Å². The number of rotatable bonds is 5. The highest BCUT2D eigenvalue weighted by Crippen LogP contribution is 2.25. The lowest BCUT2D eigenvalue weighted by atomic mass is 10.2. The van der Waals surface area contributed by atoms with E-state index in [1.807, 2.05) is 56.3 Å². The van der Waals surface area contributed by atoms with Gasteiger partial charge in [-0.1, -0.05) is 46.6 Å². The van der Waals surface area contributed by atoms with Crippen LogP contribution in [-0.4, -0.2) is 20.4 Å². The summed E-state index contributed by atoms with van der Waals surface area (Å²) in [6.45, 7) is 6.10. The summed E-state index contributed by atoms with van der Waals surface area (Å²) in [5, 5.41) is 5.78. The van der Waals surface area contributed by atoms with Gasteiger partial charge in [0.1, 0.15) is 5.82 Å². The normalized spacial score (nSPS) is 11.6. The Hall–Kier alpha value is -2.70. The van der Waals surface area contributed by atoms with Crippen molar-refractivity contribution in [3.8, 4) is 5.69 Å². The van der Waals surface area contributed by atoms with E-state index in [0.29, 0.717) is 28.2 Å². The zero-order valence-corrected chi connectivity index (χ0v) is 19.9. The average molecular weight is 498 g/mol. The summed E-state index contributed by atoms with van der Waals surface area (Å²) in [6.07, 6.45) is 3.25. The molecule has 0 aliphatic rings. The third kappa shape index (κ3) is 4.10. The number of aryl methyl sites for hydroxylation is 2. The minimum absolute atomic E-state index is 0.175. The van der Waals surface area contributed by atoms with Crippen molar-refractivity contribution in [3.05, 3.63) is 91.2 Å². The lowest BCUT2D eigenvalue weighted by molar-refractivity contribution is 0.703. The number of para-hydroxylation sites is 1. The van der Waals surface area contributed by atoms with E-state index in [0.717, 1.165) is 33.5 Å². The second kappa shape index (κ2) is 8.81. The molecule has 2 aromatic carbocycles. The van der Waals surface area contributed by atoms with Crippen LogP contribution in [0.2, 0.25) is 5.02 Å². The SMILES string of the molecule is CCCc1nc2ccc(Br)cc2c(=O)n1N=Cc1cc(C)n(-c2ccccc2Cl)c1C. The Morgan fingerprint density at radius 3 is 2.68 bits per heavy atom. The van der Waals surface area contributed by atoms with Gasteiger partial charge in [0.2, 0.25) is 0 Å². The number of hydrogen-bond acceptors (Lipinski definition) is 3. The number of hydrogen-bond donors (Lipinski definition) is 0. The molecule has 0 N–H and O–H groups in total. The van der Waals surface area contributed by atoms with Crippen molar-refractivity contribution < 1.29 is 0 Å². The minimum Gasteiger partial charge on any atom is -0.316 e. The Labute approximate surface area is 194 Å². The topological polar surface area (TPSA) is 52.2 Å². The maximum absolute atomic E-state index is 13.2. The molecule has 0 saturated heterocycles. The molecule has 4 aromatic rings. The van der Waals surface area contributed by atoms with Crippen LogP contribution in [0, 0.1) is 13.8 Å². The first kappa shape index (κ1) is 21.5. The molecule has 0 atom stereocenters. The van der Waals surface area contributed by atoms with Gasteiger partial charge in [-0.2, -0.15) is 9.78 Å². The van der Waals surface area contributed by atoms with Crippen molar-refractivity contribution in [2.45, 2.75) is 33.6 Å². The molecule has 2 heterocycles. The fraction of sp³-hybridized carbons (Fsp3) is 0.208. The fourth-order valence-electron chi connectivity index (χ4n) is 3.74. The molecule has 31 heavy (non-hydrogen) atoms. The number of aromatic nitrogens is 3. The molecule has 4 rings (SSSR count). The van der Waals surface area contributed by atoms with Gasteiger partial charge in [-0.3, -0.25) is 4.79 Å². The highest BCUT2D eigenvalue weighted by molar-refractivity contribution is 9.10. The Morgan fingerprint density at radius 2 is 1.94 bits per heavy atom. The summed E-state index contributed by atoms with van der Waals surface area (Å²) in [7, 11) is 0. The lowest BCUT2D eigenvalue weighted by Gasteiger charge is -2.11. The molecular formula is C24H22BrClN4O. The lowest BCUT2D eigenvalue weighted by Crippen LogP contribution is -2.22. The first-order chi connectivity index (χ1) is 14.9. The predicted octanol–water partition coefficient (Wildman–Crippen LogP) is 6.05. The van der Waals surface area contributed by atoms with Crippen LogP contribution in [0.25, 0.3) is 16.6 Å². The molecule has 0 unspecified atom stereocenters. The van der Waals surface area contributed by atoms with E-state index in [9.17, 15) is 4.79 Å². The minimum atomic E-state index is -0.175. The second-order valence-corrected chi connectivity index (χ2v) is 8.74. The van der Waals surface area contributed by atoms with Crippen LogP contribution in [-0.2, 0) is 6.42 Å². The van der Waals surface area contributed by atoms with E-state index < -0.39 is 0 Å². The van der Waals surface area contributed by atoms with Crippen molar-refractivity contribution in [3.63, 3.8) is 0 Å². The molecule has 7 heteroatoms. The number of halogens is 2. The van der Waals surface area contributed by atoms with E-state index in [4.69, 9.17) is 11.6 Å². The Morgan fingerprint density at radius 1 is 1.16 bits per heavy atom. The van der Waals surface area contributed by atoms with E-state index in [1.54, 1.807) is 12.3 Å². The van der Waals surface area contributed by atoms with Gasteiger partial charge in [0.15, 0.2) is 0 Å². The zero-order chi connectivity index (χ0) is 22.1. The van der Waals surface area contributed by atoms with Gasteiger partial charge in [0, 0.05) is 27.8 Å². The van der Waals surface area contributed by atoms with Gasteiger partial charge in [0.05, 0.1) is 27.8 Å². The Bertz CT molecular complexity index is 1370. The smallest absolute Gasteiger partial charge is 0.282 e. The van der Waals surface area contributed by atoms with Gasteiger partial charge in [0.25, 0.3) is 5.56 Å². The third-order valence-electron chi connectivity index (χ3n) is 5.22. The molecule has 0 fully saturated rings. The first-order valence-electron chi connectivity index (χ1n) is 10.1. The van der Waals surface area contributed by atoms with Crippen LogP contribution in [0.1, 0.15) is 36.1 Å². The van der Waals surface area contributed by atoms with Gasteiger partial charge in [-0.15, -0.1) is 0 Å². The van der Waals surface area contributed by atoms with Crippen LogP contribution in [0.4, 0.5) is 0 Å². The van der Waals surface area contributed by atoms with Crippen LogP contribution in [0.15, 0.2) is 62.9 Å². The van der Waals surface area contributed by atoms with Crippen molar-refractivity contribution in [1.29, 1.82) is 0 Å². The van der Waals surface area contributed by atoms with Gasteiger partial charge >= 0.3 is 0 Å². The molecule has 5 nitrogen and oxygen atoms in total. The van der Waals surface area contributed by atoms with E-state index >= 15 is 0 Å². The Balaban J connectivity index is 1.83. The fourth-order valence-corrected chi connectivity index (χ4v) is 4.32. The zero-order valence-electron chi connectivity index (χ0n) is 17.6. The number of fused-ring (bicyclic) bond motifs is 1. The van der Waals surface area contributed by atoms with Crippen LogP contribution < -0.4 is 5.56 Å². The monoisotopic (exact) mass is 496 g/mol. The average Bonchev–Trinajstić information content (AvgIpc) is 3.02. The summed E-state index contributed by atoms with van der Waals surface area (Å²) < 4.78 is 4.34. The molecule has 0 amide bonds. The molecular weight excluding hydrogens is 476 g/mol. The van der Waals surface area contributed by atoms with Crippen molar-refractivity contribution in [1.82, 2.24) is 14.2 Å². The van der Waals surface area contributed by atoms with Crippen molar-refractivity contribution >= 4 is 44.6 Å². The first-order valence-corrected chi connectivity index (χ1v) is 11.3. The van der Waals surface area contributed by atoms with Crippen molar-refractivity contribution in [2.75, 3.05) is 0 Å². The summed E-state index contributed by atoms with van der Waals surface area (Å²) in [5.41, 5.74) is 4.37. The third-order valence-corrected chi connectivity index (χ3v) is 6.04. The molecule has 0 saturated carbocycles. The largest absolute Gasteiger partial charge is 0.316 e. The van der Waals surface area contributed by atoms with Gasteiger partial charge in [-0.25, -0.2) is 4.98 Å². The summed E-state index contributed by atoms with van der Waals surface area (Å²) in [5.74, 6) is 0.651. The predicted molar refractivity (Wildman–Crippen MR) is 131 cm³/mol. The van der Waals surface area contributed by atoms with Crippen LogP contribution in [0.3, 0.4) is 0 Å². The number of benzene rings is 2. The van der Waals surface area contributed by atoms with Crippen LogP contribution >= 0.6 is 27.5 Å². The molecule has 2 aromatic heterocycles. The molecule has 0 aliphatic heterocycles. The quantitative estimate of drug-likeness (QED) is 0.315.